The molecule has 2 saturated heterocycles. The first-order chi connectivity index (χ1) is 18.4. The summed E-state index contributed by atoms with van der Waals surface area (Å²) in [5, 5.41) is 23.5. The van der Waals surface area contributed by atoms with Gasteiger partial charge in [-0.2, -0.15) is 0 Å². The molecule has 3 aliphatic carbocycles. The van der Waals surface area contributed by atoms with E-state index in [9.17, 15) is 19.8 Å². The van der Waals surface area contributed by atoms with Crippen LogP contribution in [0.25, 0.3) is 6.08 Å². The van der Waals surface area contributed by atoms with Gasteiger partial charge in [0, 0.05) is 29.9 Å². The topological polar surface area (TPSA) is 91.5 Å². The standard InChI is InChI=1S/C31H32N2O5/c34-23-9-8-20-15-24-31(37)11-10-22(33-25(35)16-21(29(33)36)14-18-4-2-1-3-5-18)28-30(31,26(20)27(23)38-28)12-13-32(24)17-19-6-7-19/h1-5,8-9,14,19,22,24,28,34,37H,6-7,10-13,15-17H2/p+1. The summed E-state index contributed by atoms with van der Waals surface area (Å²) in [7, 11) is 0. The highest BCUT2D eigenvalue weighted by Crippen LogP contribution is 2.64. The molecule has 2 bridgehead atoms. The van der Waals surface area contributed by atoms with Crippen LogP contribution < -0.4 is 9.64 Å². The van der Waals surface area contributed by atoms with Crippen LogP contribution in [0.4, 0.5) is 0 Å². The number of amides is 2. The number of aromatic hydroxyl groups is 1. The Balaban J connectivity index is 1.21. The van der Waals surface area contributed by atoms with E-state index in [0.29, 0.717) is 24.2 Å². The Morgan fingerprint density at radius 2 is 1.89 bits per heavy atom. The molecule has 2 aromatic carbocycles. The average Bonchev–Trinajstić information content (AvgIpc) is 3.59. The number of phenolic OH excluding ortho intramolecular Hbond substituents is 1. The van der Waals surface area contributed by atoms with Gasteiger partial charge in [-0.05, 0) is 49.0 Å². The molecule has 38 heavy (non-hydrogen) atoms. The van der Waals surface area contributed by atoms with Crippen molar-refractivity contribution in [2.24, 2.45) is 5.92 Å². The summed E-state index contributed by atoms with van der Waals surface area (Å²) in [5.74, 6) is 0.793. The fourth-order valence-electron chi connectivity index (χ4n) is 8.74. The van der Waals surface area contributed by atoms with Crippen molar-refractivity contribution in [1.82, 2.24) is 4.90 Å². The third-order valence-corrected chi connectivity index (χ3v) is 10.5. The molecule has 6 unspecified atom stereocenters. The van der Waals surface area contributed by atoms with Crippen LogP contribution in [-0.2, 0) is 21.4 Å². The van der Waals surface area contributed by atoms with Gasteiger partial charge in [-0.15, -0.1) is 0 Å². The van der Waals surface area contributed by atoms with Crippen LogP contribution in [0.15, 0.2) is 48.0 Å². The molecular formula is C31H33N2O5+. The Labute approximate surface area is 221 Å². The lowest BCUT2D eigenvalue weighted by Gasteiger charge is -2.62. The smallest absolute Gasteiger partial charge is 0.257 e. The normalized spacial score (nSPS) is 37.9. The SMILES string of the molecule is O=C1CC(=Cc2ccccc2)C(=O)N1C1CCC2(O)C3Cc4ccc(O)c5c4C2(CC[NH+]3CC2CC2)C1O5. The molecule has 3 heterocycles. The van der Waals surface area contributed by atoms with Gasteiger partial charge in [0.2, 0.25) is 5.91 Å². The van der Waals surface area contributed by atoms with Crippen molar-refractivity contribution in [3.63, 3.8) is 0 Å². The van der Waals surface area contributed by atoms with Crippen molar-refractivity contribution in [2.45, 2.75) is 74.1 Å². The molecule has 3 aliphatic heterocycles. The fraction of sp³-hybridized carbons (Fsp3) is 0.484. The number of benzene rings is 2. The zero-order valence-electron chi connectivity index (χ0n) is 21.4. The lowest BCUT2D eigenvalue weighted by molar-refractivity contribution is -0.944. The van der Waals surface area contributed by atoms with Gasteiger partial charge < -0.3 is 19.8 Å². The largest absolute Gasteiger partial charge is 0.504 e. The molecule has 3 N–H and O–H groups in total. The van der Waals surface area contributed by atoms with Crippen LogP contribution in [0.5, 0.6) is 11.5 Å². The van der Waals surface area contributed by atoms with Crippen molar-refractivity contribution in [2.75, 3.05) is 13.1 Å². The molecular weight excluding hydrogens is 480 g/mol. The van der Waals surface area contributed by atoms with Gasteiger partial charge in [-0.1, -0.05) is 36.4 Å². The quantitative estimate of drug-likeness (QED) is 0.428. The molecule has 7 heteroatoms. The molecule has 2 saturated carbocycles. The van der Waals surface area contributed by atoms with Crippen molar-refractivity contribution >= 4 is 17.9 Å². The molecule has 1 spiro atoms. The summed E-state index contributed by atoms with van der Waals surface area (Å²) in [5.41, 5.74) is 1.70. The summed E-state index contributed by atoms with van der Waals surface area (Å²) >= 11 is 0. The highest BCUT2D eigenvalue weighted by molar-refractivity contribution is 6.16. The van der Waals surface area contributed by atoms with Crippen LogP contribution in [-0.4, -0.2) is 63.8 Å². The molecule has 2 amide bonds. The predicted octanol–water partition coefficient (Wildman–Crippen LogP) is 1.75. The number of quaternary nitrogens is 1. The summed E-state index contributed by atoms with van der Waals surface area (Å²) < 4.78 is 6.59. The van der Waals surface area contributed by atoms with E-state index >= 15 is 0 Å². The summed E-state index contributed by atoms with van der Waals surface area (Å²) in [6.45, 7) is 2.01. The minimum absolute atomic E-state index is 0.0467. The molecule has 7 nitrogen and oxygen atoms in total. The number of aliphatic hydroxyl groups is 1. The first-order valence-corrected chi connectivity index (χ1v) is 14.1. The van der Waals surface area contributed by atoms with E-state index in [1.807, 2.05) is 42.5 Å². The first kappa shape index (κ1) is 22.8. The number of likely N-dealkylation sites (tertiary alicyclic amines) is 2. The highest BCUT2D eigenvalue weighted by Gasteiger charge is 2.76. The highest BCUT2D eigenvalue weighted by atomic mass is 16.5. The van der Waals surface area contributed by atoms with Crippen LogP contribution >= 0.6 is 0 Å². The van der Waals surface area contributed by atoms with Crippen molar-refractivity contribution in [1.29, 1.82) is 0 Å². The van der Waals surface area contributed by atoms with Crippen molar-refractivity contribution in [3.05, 3.63) is 64.7 Å². The molecule has 4 fully saturated rings. The molecule has 196 valence electrons. The maximum atomic E-state index is 13.7. The zero-order valence-corrected chi connectivity index (χ0v) is 21.4. The number of ether oxygens (including phenoxy) is 1. The van der Waals surface area contributed by atoms with E-state index in [1.165, 1.54) is 22.6 Å². The van der Waals surface area contributed by atoms with Gasteiger partial charge in [0.15, 0.2) is 11.5 Å². The van der Waals surface area contributed by atoms with Gasteiger partial charge in [0.05, 0.1) is 31.0 Å². The van der Waals surface area contributed by atoms with E-state index in [0.717, 1.165) is 48.5 Å². The minimum Gasteiger partial charge on any atom is -0.504 e. The summed E-state index contributed by atoms with van der Waals surface area (Å²) in [4.78, 5) is 30.0. The lowest BCUT2D eigenvalue weighted by atomic mass is 9.48. The Kier molecular flexibility index (Phi) is 4.62. The second kappa shape index (κ2) is 7.70. The fourth-order valence-corrected chi connectivity index (χ4v) is 8.74. The molecule has 8 rings (SSSR count). The Bertz CT molecular complexity index is 1400. The van der Waals surface area contributed by atoms with Crippen LogP contribution in [0.3, 0.4) is 0 Å². The molecule has 0 aromatic heterocycles. The molecule has 0 radical (unpaired) electrons. The Morgan fingerprint density at radius 3 is 2.68 bits per heavy atom. The monoisotopic (exact) mass is 513 g/mol. The Morgan fingerprint density at radius 1 is 1.08 bits per heavy atom. The van der Waals surface area contributed by atoms with E-state index in [1.54, 1.807) is 6.07 Å². The molecule has 2 aromatic rings. The minimum atomic E-state index is -1.00. The summed E-state index contributed by atoms with van der Waals surface area (Å²) in [6.07, 6.45) is 6.35. The maximum Gasteiger partial charge on any atom is 0.257 e. The number of piperidine rings is 1. The second-order valence-corrected chi connectivity index (χ2v) is 12.4. The van der Waals surface area contributed by atoms with E-state index in [-0.39, 0.29) is 30.0 Å². The number of hydrogen-bond donors (Lipinski definition) is 3. The number of rotatable bonds is 4. The number of nitrogens with zero attached hydrogens (tertiary/aromatic N) is 1. The van der Waals surface area contributed by atoms with Crippen molar-refractivity contribution < 1.29 is 29.4 Å². The van der Waals surface area contributed by atoms with Gasteiger partial charge in [0.25, 0.3) is 5.91 Å². The number of phenols is 1. The number of imide groups is 1. The number of carbonyl (C=O) groups is 2. The average molecular weight is 514 g/mol. The predicted molar refractivity (Wildman–Crippen MR) is 139 cm³/mol. The van der Waals surface area contributed by atoms with Gasteiger partial charge >= 0.3 is 0 Å². The van der Waals surface area contributed by atoms with Crippen LogP contribution in [0.2, 0.25) is 0 Å². The van der Waals surface area contributed by atoms with Crippen LogP contribution in [0, 0.1) is 5.92 Å². The van der Waals surface area contributed by atoms with Crippen LogP contribution in [0.1, 0.15) is 55.2 Å². The second-order valence-electron chi connectivity index (χ2n) is 12.4. The maximum absolute atomic E-state index is 13.7. The van der Waals surface area contributed by atoms with Crippen molar-refractivity contribution in [3.8, 4) is 11.5 Å². The first-order valence-electron chi connectivity index (χ1n) is 14.1. The Hall–Kier alpha value is -3.16. The third-order valence-electron chi connectivity index (χ3n) is 10.5. The van der Waals surface area contributed by atoms with Gasteiger partial charge in [-0.25, -0.2) is 0 Å². The van der Waals surface area contributed by atoms with E-state index in [2.05, 4.69) is 0 Å². The van der Waals surface area contributed by atoms with E-state index < -0.39 is 23.2 Å². The number of carbonyl (C=O) groups excluding carboxylic acids is 2. The van der Waals surface area contributed by atoms with Gasteiger partial charge in [0.1, 0.15) is 17.7 Å². The van der Waals surface area contributed by atoms with E-state index in [4.69, 9.17) is 4.74 Å². The number of nitrogens with one attached hydrogen (secondary N) is 1. The third kappa shape index (κ3) is 2.86. The molecule has 6 aliphatic rings. The number of hydrogen-bond acceptors (Lipinski definition) is 5. The lowest BCUT2D eigenvalue weighted by Crippen LogP contribution is -3.21. The van der Waals surface area contributed by atoms with Gasteiger partial charge in [-0.3, -0.25) is 14.5 Å². The summed E-state index contributed by atoms with van der Waals surface area (Å²) in [6, 6.07) is 12.9. The zero-order chi connectivity index (χ0) is 25.8. The molecule has 6 atom stereocenters.